The number of phenolic OH excluding ortho intramolecular Hbond substituents is 1. The van der Waals surface area contributed by atoms with E-state index < -0.39 is 12.0 Å². The lowest BCUT2D eigenvalue weighted by Crippen LogP contribution is -2.39. The van der Waals surface area contributed by atoms with Gasteiger partial charge in [0.1, 0.15) is 5.75 Å². The van der Waals surface area contributed by atoms with Gasteiger partial charge in [-0.25, -0.2) is 9.79 Å². The number of thiazole rings is 1. The number of phenols is 1. The zero-order valence-electron chi connectivity index (χ0n) is 18.4. The molecule has 0 fully saturated rings. The van der Waals surface area contributed by atoms with Crippen LogP contribution in [-0.4, -0.2) is 22.2 Å². The summed E-state index contributed by atoms with van der Waals surface area (Å²) in [5, 5.41) is 10.0. The predicted molar refractivity (Wildman–Crippen MR) is 129 cm³/mol. The number of esters is 1. The monoisotopic (exact) mass is 460 g/mol. The standard InChI is InChI=1S/C26H24N2O4S/c1-4-9-19-14-17(12-13-20(19)29)15-21-24(30)28-23(18-10-7-6-8-11-18)22(25(31)32-5-2)16(3)27-26(28)33-21/h4,6-8,10-15,23,29H,1,5,9H2,2-3H3/b21-15+/t23-/m1/s1. The zero-order chi connectivity index (χ0) is 23.5. The SMILES string of the molecule is C=CCc1cc(/C=c2/sc3n(c2=O)[C@H](c2ccccc2)C(C(=O)OCC)=C(C)N=3)ccc1O. The molecule has 33 heavy (non-hydrogen) atoms. The summed E-state index contributed by atoms with van der Waals surface area (Å²) in [7, 11) is 0. The summed E-state index contributed by atoms with van der Waals surface area (Å²) < 4.78 is 7.35. The highest BCUT2D eigenvalue weighted by molar-refractivity contribution is 7.07. The maximum Gasteiger partial charge on any atom is 0.338 e. The van der Waals surface area contributed by atoms with Gasteiger partial charge >= 0.3 is 5.97 Å². The van der Waals surface area contributed by atoms with E-state index in [4.69, 9.17) is 4.74 Å². The minimum Gasteiger partial charge on any atom is -0.508 e. The van der Waals surface area contributed by atoms with Crippen LogP contribution in [0.5, 0.6) is 5.75 Å². The summed E-state index contributed by atoms with van der Waals surface area (Å²) in [5.74, 6) is -0.290. The summed E-state index contributed by atoms with van der Waals surface area (Å²) in [6, 6.07) is 14.0. The molecule has 0 aliphatic carbocycles. The van der Waals surface area contributed by atoms with Gasteiger partial charge in [-0.2, -0.15) is 0 Å². The third-order valence-corrected chi connectivity index (χ3v) is 6.38. The molecule has 168 valence electrons. The van der Waals surface area contributed by atoms with Crippen LogP contribution >= 0.6 is 11.3 Å². The number of fused-ring (bicyclic) bond motifs is 1. The van der Waals surface area contributed by atoms with E-state index in [1.807, 2.05) is 36.4 Å². The Balaban J connectivity index is 1.92. The molecular weight excluding hydrogens is 436 g/mol. The Hall–Kier alpha value is -3.71. The van der Waals surface area contributed by atoms with Crippen LogP contribution in [0.15, 0.2) is 82.2 Å². The first-order chi connectivity index (χ1) is 15.9. The van der Waals surface area contributed by atoms with Crippen molar-refractivity contribution in [2.45, 2.75) is 26.3 Å². The Labute approximate surface area is 195 Å². The molecule has 0 radical (unpaired) electrons. The highest BCUT2D eigenvalue weighted by Gasteiger charge is 2.33. The lowest BCUT2D eigenvalue weighted by molar-refractivity contribution is -0.139. The average Bonchev–Trinajstić information content (AvgIpc) is 3.10. The third kappa shape index (κ3) is 4.32. The summed E-state index contributed by atoms with van der Waals surface area (Å²) in [5.41, 5.74) is 2.98. The normalized spacial score (nSPS) is 15.7. The maximum absolute atomic E-state index is 13.6. The molecule has 1 aliphatic heterocycles. The average molecular weight is 461 g/mol. The topological polar surface area (TPSA) is 80.9 Å². The molecule has 0 saturated heterocycles. The number of hydrogen-bond acceptors (Lipinski definition) is 6. The van der Waals surface area contributed by atoms with Crippen molar-refractivity contribution >= 4 is 23.4 Å². The number of allylic oxidation sites excluding steroid dienone is 2. The van der Waals surface area contributed by atoms with Gasteiger partial charge in [0, 0.05) is 0 Å². The molecular formula is C26H24N2O4S. The highest BCUT2D eigenvalue weighted by Crippen LogP contribution is 2.30. The highest BCUT2D eigenvalue weighted by atomic mass is 32.1. The van der Waals surface area contributed by atoms with E-state index in [2.05, 4.69) is 11.6 Å². The number of ether oxygens (including phenoxy) is 1. The van der Waals surface area contributed by atoms with Crippen molar-refractivity contribution in [3.63, 3.8) is 0 Å². The summed E-state index contributed by atoms with van der Waals surface area (Å²) >= 11 is 1.27. The van der Waals surface area contributed by atoms with Crippen molar-refractivity contribution < 1.29 is 14.6 Å². The van der Waals surface area contributed by atoms with Crippen LogP contribution in [0.2, 0.25) is 0 Å². The van der Waals surface area contributed by atoms with Crippen molar-refractivity contribution in [1.82, 2.24) is 4.57 Å². The van der Waals surface area contributed by atoms with Crippen molar-refractivity contribution in [2.24, 2.45) is 4.99 Å². The molecule has 1 N–H and O–H groups in total. The molecule has 1 aliphatic rings. The molecule has 6 nitrogen and oxygen atoms in total. The molecule has 0 amide bonds. The van der Waals surface area contributed by atoms with Gasteiger partial charge in [0.15, 0.2) is 4.80 Å². The van der Waals surface area contributed by atoms with Gasteiger partial charge in [0.25, 0.3) is 5.56 Å². The van der Waals surface area contributed by atoms with E-state index in [-0.39, 0.29) is 17.9 Å². The van der Waals surface area contributed by atoms with E-state index in [1.165, 1.54) is 11.3 Å². The van der Waals surface area contributed by atoms with Crippen molar-refractivity contribution in [1.29, 1.82) is 0 Å². The number of aromatic hydroxyl groups is 1. The molecule has 0 spiro atoms. The van der Waals surface area contributed by atoms with E-state index >= 15 is 0 Å². The van der Waals surface area contributed by atoms with Gasteiger partial charge in [-0.1, -0.05) is 53.8 Å². The first-order valence-electron chi connectivity index (χ1n) is 10.6. The first-order valence-corrected chi connectivity index (χ1v) is 11.4. The smallest absolute Gasteiger partial charge is 0.338 e. The second-order valence-electron chi connectivity index (χ2n) is 7.59. The first kappa shape index (κ1) is 22.5. The van der Waals surface area contributed by atoms with Crippen LogP contribution in [0.3, 0.4) is 0 Å². The Kier molecular flexibility index (Phi) is 6.42. The molecule has 1 aromatic heterocycles. The van der Waals surface area contributed by atoms with E-state index in [9.17, 15) is 14.7 Å². The molecule has 0 bridgehead atoms. The summed E-state index contributed by atoms with van der Waals surface area (Å²) in [6.07, 6.45) is 4.01. The fraction of sp³-hybridized carbons (Fsp3) is 0.192. The second-order valence-corrected chi connectivity index (χ2v) is 8.60. The van der Waals surface area contributed by atoms with Crippen LogP contribution in [0.1, 0.15) is 36.6 Å². The molecule has 0 unspecified atom stereocenters. The van der Waals surface area contributed by atoms with E-state index in [0.717, 1.165) is 16.7 Å². The molecule has 7 heteroatoms. The zero-order valence-corrected chi connectivity index (χ0v) is 19.3. The molecule has 4 rings (SSSR count). The van der Waals surface area contributed by atoms with Crippen LogP contribution < -0.4 is 14.9 Å². The van der Waals surface area contributed by atoms with Crippen molar-refractivity contribution in [3.8, 4) is 5.75 Å². The minimum atomic E-state index is -0.625. The lowest BCUT2D eigenvalue weighted by Gasteiger charge is -2.24. The largest absolute Gasteiger partial charge is 0.508 e. The van der Waals surface area contributed by atoms with Gasteiger partial charge in [-0.3, -0.25) is 9.36 Å². The fourth-order valence-corrected chi connectivity index (χ4v) is 4.95. The minimum absolute atomic E-state index is 0.187. The van der Waals surface area contributed by atoms with Crippen LogP contribution in [0, 0.1) is 0 Å². The molecule has 1 atom stereocenters. The summed E-state index contributed by atoms with van der Waals surface area (Å²) in [6.45, 7) is 7.47. The van der Waals surface area contributed by atoms with Crippen LogP contribution in [-0.2, 0) is 16.0 Å². The number of carbonyl (C=O) groups is 1. The van der Waals surface area contributed by atoms with Crippen molar-refractivity contribution in [2.75, 3.05) is 6.61 Å². The quantitative estimate of drug-likeness (QED) is 0.452. The number of rotatable bonds is 6. The number of benzene rings is 2. The van der Waals surface area contributed by atoms with Gasteiger partial charge in [-0.05, 0) is 55.2 Å². The molecule has 2 heterocycles. The molecule has 2 aromatic carbocycles. The lowest BCUT2D eigenvalue weighted by atomic mass is 9.96. The molecule has 3 aromatic rings. The van der Waals surface area contributed by atoms with Gasteiger partial charge < -0.3 is 9.84 Å². The summed E-state index contributed by atoms with van der Waals surface area (Å²) in [4.78, 5) is 31.5. The number of hydrogen-bond donors (Lipinski definition) is 1. The van der Waals surface area contributed by atoms with E-state index in [1.54, 1.807) is 42.7 Å². The molecule has 0 saturated carbocycles. The Morgan fingerprint density at radius 2 is 2.03 bits per heavy atom. The van der Waals surface area contributed by atoms with Crippen LogP contribution in [0.25, 0.3) is 6.08 Å². The second kappa shape index (κ2) is 9.42. The van der Waals surface area contributed by atoms with Gasteiger partial charge in [0.2, 0.25) is 0 Å². The Bertz CT molecular complexity index is 1430. The third-order valence-electron chi connectivity index (χ3n) is 5.40. The van der Waals surface area contributed by atoms with Crippen molar-refractivity contribution in [3.05, 3.63) is 109 Å². The predicted octanol–water partition coefficient (Wildman–Crippen LogP) is 3.23. The Morgan fingerprint density at radius 1 is 1.27 bits per heavy atom. The maximum atomic E-state index is 13.6. The van der Waals surface area contributed by atoms with E-state index in [0.29, 0.717) is 27.0 Å². The van der Waals surface area contributed by atoms with Gasteiger partial charge in [-0.15, -0.1) is 6.58 Å². The Morgan fingerprint density at radius 3 is 2.73 bits per heavy atom. The fourth-order valence-electron chi connectivity index (χ4n) is 3.91. The van der Waals surface area contributed by atoms with Gasteiger partial charge in [0.05, 0.1) is 28.5 Å². The number of nitrogens with zero attached hydrogens (tertiary/aromatic N) is 2. The number of aromatic nitrogens is 1. The van der Waals surface area contributed by atoms with Crippen LogP contribution in [0.4, 0.5) is 0 Å². The number of carbonyl (C=O) groups excluding carboxylic acids is 1.